The van der Waals surface area contributed by atoms with Crippen LogP contribution in [0, 0.1) is 20.8 Å². The van der Waals surface area contributed by atoms with Crippen LogP contribution in [0.5, 0.6) is 0 Å². The lowest BCUT2D eigenvalue weighted by Gasteiger charge is -2.31. The summed E-state index contributed by atoms with van der Waals surface area (Å²) in [5.41, 5.74) is 5.89. The van der Waals surface area contributed by atoms with Gasteiger partial charge in [-0.15, -0.1) is 4.40 Å². The van der Waals surface area contributed by atoms with Crippen LogP contribution in [0.15, 0.2) is 70.0 Å². The van der Waals surface area contributed by atoms with Crippen LogP contribution in [0.4, 0.5) is 17.1 Å². The monoisotopic (exact) mass is 454 g/mol. The Balaban J connectivity index is 1.74. The Morgan fingerprint density at radius 1 is 0.903 bits per heavy atom. The van der Waals surface area contributed by atoms with Crippen LogP contribution in [0.2, 0.25) is 5.02 Å². The zero-order chi connectivity index (χ0) is 22.2. The van der Waals surface area contributed by atoms with Crippen molar-refractivity contribution in [3.05, 3.63) is 82.4 Å². The Kier molecular flexibility index (Phi) is 5.64. The van der Waals surface area contributed by atoms with Crippen molar-refractivity contribution in [3.63, 3.8) is 0 Å². The van der Waals surface area contributed by atoms with E-state index in [1.165, 1.54) is 29.8 Å². The van der Waals surface area contributed by atoms with Crippen LogP contribution in [-0.2, 0) is 10.0 Å². The summed E-state index contributed by atoms with van der Waals surface area (Å²) in [5, 5.41) is 10.4. The van der Waals surface area contributed by atoms with Gasteiger partial charge >= 0.3 is 0 Å². The smallest absolute Gasteiger partial charge is 0.284 e. The Morgan fingerprint density at radius 3 is 2.35 bits per heavy atom. The average Bonchev–Trinajstić information content (AvgIpc) is 2.71. The van der Waals surface area contributed by atoms with Crippen molar-refractivity contribution in [3.8, 4) is 0 Å². The molecular formula is C23H23ClN4O2S. The normalized spacial score (nSPS) is 16.9. The van der Waals surface area contributed by atoms with E-state index in [-0.39, 0.29) is 10.7 Å². The van der Waals surface area contributed by atoms with Crippen molar-refractivity contribution in [2.24, 2.45) is 4.40 Å². The van der Waals surface area contributed by atoms with Gasteiger partial charge in [0.25, 0.3) is 10.0 Å². The summed E-state index contributed by atoms with van der Waals surface area (Å²) in [5.74, 6) is 0.254. The summed E-state index contributed by atoms with van der Waals surface area (Å²) in [6.07, 6.45) is -0.571. The molecule has 160 valence electrons. The number of fused-ring (bicyclic) bond motifs is 1. The Bertz CT molecular complexity index is 1270. The summed E-state index contributed by atoms with van der Waals surface area (Å²) in [6.45, 7) is 6.08. The summed E-state index contributed by atoms with van der Waals surface area (Å²) >= 11 is 5.90. The molecule has 3 aromatic rings. The van der Waals surface area contributed by atoms with E-state index in [1.807, 2.05) is 57.2 Å². The Labute approximate surface area is 187 Å². The van der Waals surface area contributed by atoms with Crippen LogP contribution in [0.3, 0.4) is 0 Å². The van der Waals surface area contributed by atoms with Crippen molar-refractivity contribution in [2.75, 3.05) is 16.0 Å². The predicted molar refractivity (Wildman–Crippen MR) is 128 cm³/mol. The molecule has 1 unspecified atom stereocenters. The molecule has 0 radical (unpaired) electrons. The summed E-state index contributed by atoms with van der Waals surface area (Å²) in [7, 11) is -3.94. The predicted octanol–water partition coefficient (Wildman–Crippen LogP) is 5.33. The first kappa shape index (κ1) is 21.2. The van der Waals surface area contributed by atoms with E-state index in [1.54, 1.807) is 0 Å². The maximum atomic E-state index is 12.9. The number of nitrogens with one attached hydrogen (secondary N) is 3. The molecule has 0 spiro atoms. The number of benzene rings is 3. The molecule has 1 atom stereocenters. The SMILES string of the molecule is Cc1ccc2c(c1)NC(Nc1ccc(C)c(C)c1)C(=NS(=O)(=O)c1ccc(Cl)cc1)N2. The minimum absolute atomic E-state index is 0.0748. The van der Waals surface area contributed by atoms with Gasteiger partial charge < -0.3 is 16.0 Å². The van der Waals surface area contributed by atoms with Crippen molar-refractivity contribution in [1.29, 1.82) is 0 Å². The molecule has 8 heteroatoms. The molecule has 31 heavy (non-hydrogen) atoms. The average molecular weight is 455 g/mol. The second kappa shape index (κ2) is 8.24. The minimum atomic E-state index is -3.94. The van der Waals surface area contributed by atoms with Crippen LogP contribution in [0.1, 0.15) is 16.7 Å². The van der Waals surface area contributed by atoms with Gasteiger partial charge in [-0.3, -0.25) is 0 Å². The van der Waals surface area contributed by atoms with Gasteiger partial charge in [-0.05, 0) is 86.0 Å². The molecule has 0 bridgehead atoms. The molecule has 1 heterocycles. The molecule has 3 N–H and O–H groups in total. The number of hydrogen-bond acceptors (Lipinski definition) is 4. The molecule has 1 aliphatic heterocycles. The zero-order valence-corrected chi connectivity index (χ0v) is 19.0. The summed E-state index contributed by atoms with van der Waals surface area (Å²) in [4.78, 5) is 0.0748. The Hall–Kier alpha value is -3.03. The topological polar surface area (TPSA) is 82.6 Å². The molecular weight excluding hydrogens is 432 g/mol. The van der Waals surface area contributed by atoms with Crippen molar-refractivity contribution < 1.29 is 8.42 Å². The highest BCUT2D eigenvalue weighted by Crippen LogP contribution is 2.29. The van der Waals surface area contributed by atoms with Gasteiger partial charge in [0.2, 0.25) is 0 Å². The second-order valence-corrected chi connectivity index (χ2v) is 9.64. The fourth-order valence-corrected chi connectivity index (χ4v) is 4.41. The lowest BCUT2D eigenvalue weighted by atomic mass is 10.1. The van der Waals surface area contributed by atoms with Gasteiger partial charge in [0, 0.05) is 10.7 Å². The maximum Gasteiger partial charge on any atom is 0.284 e. The highest BCUT2D eigenvalue weighted by Gasteiger charge is 2.27. The summed E-state index contributed by atoms with van der Waals surface area (Å²) in [6, 6.07) is 17.8. The molecule has 0 saturated heterocycles. The number of sulfonamides is 1. The minimum Gasteiger partial charge on any atom is -0.359 e. The molecule has 0 aliphatic carbocycles. The largest absolute Gasteiger partial charge is 0.359 e. The van der Waals surface area contributed by atoms with Crippen molar-refractivity contribution in [2.45, 2.75) is 31.8 Å². The number of rotatable bonds is 4. The van der Waals surface area contributed by atoms with Gasteiger partial charge in [-0.2, -0.15) is 8.42 Å². The van der Waals surface area contributed by atoms with Gasteiger partial charge in [-0.25, -0.2) is 0 Å². The Morgan fingerprint density at radius 2 is 1.65 bits per heavy atom. The van der Waals surface area contributed by atoms with Crippen LogP contribution in [-0.4, -0.2) is 20.4 Å². The first-order valence-corrected chi connectivity index (χ1v) is 11.6. The van der Waals surface area contributed by atoms with E-state index < -0.39 is 16.2 Å². The third kappa shape index (κ3) is 4.68. The third-order valence-corrected chi connectivity index (χ3v) is 6.72. The first-order valence-electron chi connectivity index (χ1n) is 9.80. The van der Waals surface area contributed by atoms with E-state index in [0.29, 0.717) is 5.02 Å². The molecule has 0 amide bonds. The highest BCUT2D eigenvalue weighted by molar-refractivity contribution is 7.90. The lowest BCUT2D eigenvalue weighted by molar-refractivity contribution is 0.598. The van der Waals surface area contributed by atoms with Gasteiger partial charge in [-0.1, -0.05) is 23.7 Å². The highest BCUT2D eigenvalue weighted by atomic mass is 35.5. The van der Waals surface area contributed by atoms with Crippen LogP contribution < -0.4 is 16.0 Å². The van der Waals surface area contributed by atoms with Crippen LogP contribution >= 0.6 is 11.6 Å². The number of amidine groups is 1. The van der Waals surface area contributed by atoms with Crippen LogP contribution in [0.25, 0.3) is 0 Å². The first-order chi connectivity index (χ1) is 14.7. The second-order valence-electron chi connectivity index (χ2n) is 7.60. The molecule has 3 aromatic carbocycles. The lowest BCUT2D eigenvalue weighted by Crippen LogP contribution is -2.45. The number of halogens is 1. The zero-order valence-electron chi connectivity index (χ0n) is 17.4. The molecule has 0 saturated carbocycles. The fraction of sp³-hybridized carbons (Fsp3) is 0.174. The van der Waals surface area contributed by atoms with E-state index in [2.05, 4.69) is 20.3 Å². The summed E-state index contributed by atoms with van der Waals surface area (Å²) < 4.78 is 30.0. The van der Waals surface area contributed by atoms with E-state index in [4.69, 9.17) is 11.6 Å². The number of anilines is 3. The van der Waals surface area contributed by atoms with E-state index in [0.717, 1.165) is 28.2 Å². The number of nitrogens with zero attached hydrogens (tertiary/aromatic N) is 1. The fourth-order valence-electron chi connectivity index (χ4n) is 3.29. The van der Waals surface area contributed by atoms with Gasteiger partial charge in [0.1, 0.15) is 0 Å². The van der Waals surface area contributed by atoms with Gasteiger partial charge in [0.15, 0.2) is 12.0 Å². The number of aryl methyl sites for hydroxylation is 3. The van der Waals surface area contributed by atoms with Gasteiger partial charge in [0.05, 0.1) is 16.3 Å². The van der Waals surface area contributed by atoms with E-state index >= 15 is 0 Å². The number of hydrogen-bond donors (Lipinski definition) is 3. The van der Waals surface area contributed by atoms with E-state index in [9.17, 15) is 8.42 Å². The molecule has 6 nitrogen and oxygen atoms in total. The standard InChI is InChI=1S/C23H23ClN4O2S/c1-14-4-11-20-21(12-14)27-22(25-18-8-5-15(2)16(3)13-18)23(26-20)28-31(29,30)19-9-6-17(24)7-10-19/h4-13,22,25,27H,1-3H3,(H,26,28). The molecule has 0 fully saturated rings. The molecule has 1 aliphatic rings. The maximum absolute atomic E-state index is 12.9. The molecule has 0 aromatic heterocycles. The molecule has 4 rings (SSSR count). The third-order valence-electron chi connectivity index (χ3n) is 5.16. The van der Waals surface area contributed by atoms with Crippen molar-refractivity contribution >= 4 is 44.5 Å². The van der Waals surface area contributed by atoms with Crippen molar-refractivity contribution in [1.82, 2.24) is 0 Å². The quantitative estimate of drug-likeness (QED) is 0.496.